The van der Waals surface area contributed by atoms with Gasteiger partial charge in [0.25, 0.3) is 0 Å². The minimum absolute atomic E-state index is 0.134. The average molecular weight is 553 g/mol. The summed E-state index contributed by atoms with van der Waals surface area (Å²) in [6.45, 7) is 2.85. The molecule has 4 bridgehead atoms. The fraction of sp³-hybridized carbons (Fsp3) is 0.500. The Bertz CT molecular complexity index is 1370. The van der Waals surface area contributed by atoms with Gasteiger partial charge in [0, 0.05) is 43.2 Å². The van der Waals surface area contributed by atoms with Crippen molar-refractivity contribution in [3.05, 3.63) is 77.2 Å². The maximum atomic E-state index is 13.3. The number of amides is 1. The van der Waals surface area contributed by atoms with Gasteiger partial charge in [-0.15, -0.1) is 0 Å². The molecule has 0 saturated heterocycles. The highest BCUT2D eigenvalue weighted by atomic mass is 16.5. The van der Waals surface area contributed by atoms with Crippen molar-refractivity contribution in [2.24, 2.45) is 23.2 Å². The third-order valence-corrected chi connectivity index (χ3v) is 9.95. The lowest BCUT2D eigenvalue weighted by Gasteiger charge is -2.56. The Morgan fingerprint density at radius 1 is 1.02 bits per heavy atom. The van der Waals surface area contributed by atoms with Crippen molar-refractivity contribution in [1.29, 1.82) is 0 Å². The van der Waals surface area contributed by atoms with Crippen molar-refractivity contribution in [3.63, 3.8) is 0 Å². The lowest BCUT2D eigenvalue weighted by molar-refractivity contribution is -0.124. The molecule has 1 aromatic heterocycles. The normalized spacial score (nSPS) is 26.4. The van der Waals surface area contributed by atoms with Gasteiger partial charge < -0.3 is 14.8 Å². The Balaban J connectivity index is 0.980. The second kappa shape index (κ2) is 11.1. The summed E-state index contributed by atoms with van der Waals surface area (Å²) in [5.74, 6) is 5.01. The standard InChI is InChI=1S/C34H40N4O3/c1-40-31-14-28(41-21-23-5-3-2-4-6-23)8-7-27(31)19-38-10-9-29-30(20-38)35-22-36-33(29)37-32(39)18-34-15-24-11-25(16-34)13-26(12-24)17-34/h2-8,14,22,24-26H,9-13,15-21H2,1H3,(H,35,36,37,39). The molecule has 0 unspecified atom stereocenters. The number of benzene rings is 2. The van der Waals surface area contributed by atoms with Gasteiger partial charge >= 0.3 is 0 Å². The van der Waals surface area contributed by atoms with Gasteiger partial charge in [-0.1, -0.05) is 36.4 Å². The Morgan fingerprint density at radius 3 is 2.51 bits per heavy atom. The maximum absolute atomic E-state index is 13.3. The Morgan fingerprint density at radius 2 is 1.78 bits per heavy atom. The summed E-state index contributed by atoms with van der Waals surface area (Å²) in [6, 6.07) is 16.2. The van der Waals surface area contributed by atoms with Crippen molar-refractivity contribution in [2.45, 2.75) is 71.1 Å². The fourth-order valence-electron chi connectivity index (χ4n) is 8.60. The monoisotopic (exact) mass is 552 g/mol. The largest absolute Gasteiger partial charge is 0.496 e. The number of methoxy groups -OCH3 is 1. The van der Waals surface area contributed by atoms with Crippen LogP contribution in [0.25, 0.3) is 0 Å². The quantitative estimate of drug-likeness (QED) is 0.342. The van der Waals surface area contributed by atoms with E-state index in [4.69, 9.17) is 9.47 Å². The number of anilines is 1. The van der Waals surface area contributed by atoms with Gasteiger partial charge in [0.1, 0.15) is 30.3 Å². The predicted molar refractivity (Wildman–Crippen MR) is 157 cm³/mol. The third-order valence-electron chi connectivity index (χ3n) is 9.95. The second-order valence-corrected chi connectivity index (χ2v) is 13.0. The van der Waals surface area contributed by atoms with E-state index >= 15 is 0 Å². The number of nitrogens with one attached hydrogen (secondary N) is 1. The van der Waals surface area contributed by atoms with E-state index in [0.717, 1.165) is 71.1 Å². The number of ether oxygens (including phenoxy) is 2. The van der Waals surface area contributed by atoms with E-state index in [-0.39, 0.29) is 11.3 Å². The number of carbonyl (C=O) groups excluding carboxylic acids is 1. The summed E-state index contributed by atoms with van der Waals surface area (Å²) in [4.78, 5) is 24.8. The first-order valence-electron chi connectivity index (χ1n) is 15.2. The number of hydrogen-bond acceptors (Lipinski definition) is 6. The van der Waals surface area contributed by atoms with Crippen molar-refractivity contribution in [1.82, 2.24) is 14.9 Å². The lowest BCUT2D eigenvalue weighted by Crippen LogP contribution is -2.47. The van der Waals surface area contributed by atoms with Crippen LogP contribution in [0.15, 0.2) is 54.9 Å². The summed E-state index contributed by atoms with van der Waals surface area (Å²) in [5.41, 5.74) is 4.55. The van der Waals surface area contributed by atoms with Gasteiger partial charge in [0.2, 0.25) is 5.91 Å². The predicted octanol–water partition coefficient (Wildman–Crippen LogP) is 6.17. The molecule has 0 spiro atoms. The molecule has 4 aliphatic carbocycles. The van der Waals surface area contributed by atoms with Crippen LogP contribution in [0.1, 0.15) is 67.3 Å². The molecule has 8 rings (SSSR count). The van der Waals surface area contributed by atoms with Crippen molar-refractivity contribution >= 4 is 11.7 Å². The van der Waals surface area contributed by atoms with Crippen molar-refractivity contribution < 1.29 is 14.3 Å². The number of carbonyl (C=O) groups is 1. The highest BCUT2D eigenvalue weighted by molar-refractivity contribution is 5.91. The number of fused-ring (bicyclic) bond motifs is 1. The van der Waals surface area contributed by atoms with Gasteiger partial charge in [-0.2, -0.15) is 0 Å². The maximum Gasteiger partial charge on any atom is 0.226 e. The summed E-state index contributed by atoms with van der Waals surface area (Å²) >= 11 is 0. The van der Waals surface area contributed by atoms with Crippen LogP contribution in [0, 0.1) is 23.2 Å². The average Bonchev–Trinajstić information content (AvgIpc) is 2.96. The van der Waals surface area contributed by atoms with Crippen LogP contribution in [0.2, 0.25) is 0 Å². The second-order valence-electron chi connectivity index (χ2n) is 13.0. The van der Waals surface area contributed by atoms with Crippen LogP contribution in [0.5, 0.6) is 11.5 Å². The molecule has 1 N–H and O–H groups in total. The minimum atomic E-state index is 0.134. The molecule has 0 atom stereocenters. The molecular weight excluding hydrogens is 512 g/mol. The van der Waals surface area contributed by atoms with Gasteiger partial charge in [-0.25, -0.2) is 9.97 Å². The first-order valence-corrected chi connectivity index (χ1v) is 15.2. The fourth-order valence-corrected chi connectivity index (χ4v) is 8.60. The van der Waals surface area contributed by atoms with E-state index in [1.165, 1.54) is 38.5 Å². The Kier molecular flexibility index (Phi) is 7.15. The van der Waals surface area contributed by atoms with Crippen LogP contribution in [-0.4, -0.2) is 34.4 Å². The van der Waals surface area contributed by atoms with E-state index in [1.807, 2.05) is 30.3 Å². The van der Waals surface area contributed by atoms with E-state index in [9.17, 15) is 4.79 Å². The van der Waals surface area contributed by atoms with E-state index in [0.29, 0.717) is 25.4 Å². The van der Waals surface area contributed by atoms with Gasteiger partial charge in [0.15, 0.2) is 0 Å². The lowest BCUT2D eigenvalue weighted by atomic mass is 9.49. The van der Waals surface area contributed by atoms with Crippen LogP contribution in [0.4, 0.5) is 5.82 Å². The molecular formula is C34H40N4O3. The summed E-state index contributed by atoms with van der Waals surface area (Å²) in [6.07, 6.45) is 11.0. The summed E-state index contributed by atoms with van der Waals surface area (Å²) in [5, 5.41) is 3.22. The van der Waals surface area contributed by atoms with Gasteiger partial charge in [-0.05, 0) is 79.7 Å². The van der Waals surface area contributed by atoms with Crippen LogP contribution < -0.4 is 14.8 Å². The van der Waals surface area contributed by atoms with Crippen LogP contribution in [-0.2, 0) is 30.9 Å². The van der Waals surface area contributed by atoms with E-state index in [2.05, 4.69) is 38.4 Å². The molecule has 2 aromatic carbocycles. The van der Waals surface area contributed by atoms with Gasteiger partial charge in [-0.3, -0.25) is 9.69 Å². The molecule has 214 valence electrons. The van der Waals surface area contributed by atoms with Gasteiger partial charge in [0.05, 0.1) is 12.8 Å². The summed E-state index contributed by atoms with van der Waals surface area (Å²) < 4.78 is 11.7. The first kappa shape index (κ1) is 26.4. The van der Waals surface area contributed by atoms with E-state index < -0.39 is 0 Å². The third kappa shape index (κ3) is 5.69. The Labute approximate surface area is 242 Å². The number of rotatable bonds is 9. The molecule has 7 heteroatoms. The van der Waals surface area contributed by atoms with Crippen molar-refractivity contribution in [2.75, 3.05) is 19.0 Å². The number of nitrogens with zero attached hydrogens (tertiary/aromatic N) is 3. The van der Waals surface area contributed by atoms with E-state index in [1.54, 1.807) is 13.4 Å². The molecule has 1 amide bonds. The zero-order valence-electron chi connectivity index (χ0n) is 24.0. The molecule has 0 radical (unpaired) electrons. The zero-order valence-corrected chi connectivity index (χ0v) is 24.0. The molecule has 2 heterocycles. The Hall–Kier alpha value is -3.45. The summed E-state index contributed by atoms with van der Waals surface area (Å²) in [7, 11) is 1.71. The van der Waals surface area contributed by atoms with Crippen LogP contribution >= 0.6 is 0 Å². The molecule has 5 aliphatic rings. The highest BCUT2D eigenvalue weighted by Crippen LogP contribution is 2.61. The minimum Gasteiger partial charge on any atom is -0.496 e. The number of aromatic nitrogens is 2. The SMILES string of the molecule is COc1cc(OCc2ccccc2)ccc1CN1CCc2c(ncnc2NC(=O)CC23CC4CC(CC(C4)C2)C3)C1. The number of hydrogen-bond donors (Lipinski definition) is 1. The topological polar surface area (TPSA) is 76.6 Å². The zero-order chi connectivity index (χ0) is 27.8. The first-order chi connectivity index (χ1) is 20.0. The molecule has 41 heavy (non-hydrogen) atoms. The van der Waals surface area contributed by atoms with Crippen molar-refractivity contribution in [3.8, 4) is 11.5 Å². The van der Waals surface area contributed by atoms with Crippen LogP contribution in [0.3, 0.4) is 0 Å². The molecule has 1 aliphatic heterocycles. The molecule has 7 nitrogen and oxygen atoms in total. The molecule has 4 fully saturated rings. The smallest absolute Gasteiger partial charge is 0.226 e. The molecule has 4 saturated carbocycles. The molecule has 3 aromatic rings. The highest BCUT2D eigenvalue weighted by Gasteiger charge is 2.51.